The molecular formula is C19H23FN5O6PS. The van der Waals surface area contributed by atoms with E-state index in [1.165, 1.54) is 31.5 Å². The second-order valence-electron chi connectivity index (χ2n) is 6.79. The van der Waals surface area contributed by atoms with Gasteiger partial charge in [-0.3, -0.25) is 19.1 Å². The molecule has 1 unspecified atom stereocenters. The lowest BCUT2D eigenvalue weighted by molar-refractivity contribution is -0.109. The molecular weight excluding hydrogens is 476 g/mol. The van der Waals surface area contributed by atoms with Gasteiger partial charge >= 0.3 is 7.60 Å². The molecule has 0 aliphatic heterocycles. The minimum Gasteiger partial charge on any atom is -0.369 e. The van der Waals surface area contributed by atoms with Crippen LogP contribution in [0.5, 0.6) is 0 Å². The Kier molecular flexibility index (Phi) is 8.75. The van der Waals surface area contributed by atoms with E-state index in [0.717, 1.165) is 11.8 Å². The summed E-state index contributed by atoms with van der Waals surface area (Å²) in [6.45, 7) is 1.61. The third kappa shape index (κ3) is 7.47. The van der Waals surface area contributed by atoms with Gasteiger partial charge in [-0.2, -0.15) is 4.98 Å². The average Bonchev–Trinajstić information content (AvgIpc) is 3.16. The first-order valence-electron chi connectivity index (χ1n) is 9.80. The minimum absolute atomic E-state index is 0.00612. The number of ether oxygens (including phenoxy) is 1. The average molecular weight is 499 g/mol. The van der Waals surface area contributed by atoms with Crippen molar-refractivity contribution in [1.29, 1.82) is 0 Å². The molecule has 0 spiro atoms. The summed E-state index contributed by atoms with van der Waals surface area (Å²) < 4.78 is 44.5. The Bertz CT molecular complexity index is 1220. The number of H-pyrrole nitrogens is 1. The van der Waals surface area contributed by atoms with Crippen LogP contribution in [0.15, 0.2) is 35.4 Å². The molecule has 0 saturated heterocycles. The number of carbonyl (C=O) groups is 1. The van der Waals surface area contributed by atoms with Crippen LogP contribution in [0.1, 0.15) is 12.5 Å². The highest BCUT2D eigenvalue weighted by Gasteiger charge is 2.25. The zero-order valence-corrected chi connectivity index (χ0v) is 19.4. The second-order valence-corrected chi connectivity index (χ2v) is 10.1. The van der Waals surface area contributed by atoms with Gasteiger partial charge < -0.3 is 24.1 Å². The number of thioether (sulfide) groups is 1. The fourth-order valence-electron chi connectivity index (χ4n) is 2.75. The third-order valence-corrected chi connectivity index (χ3v) is 6.59. The van der Waals surface area contributed by atoms with E-state index in [0.29, 0.717) is 17.0 Å². The van der Waals surface area contributed by atoms with Crippen LogP contribution in [0.25, 0.3) is 11.2 Å². The minimum atomic E-state index is -3.71. The number of fused-ring (bicyclic) bond motifs is 1. The molecule has 0 amide bonds. The lowest BCUT2D eigenvalue weighted by Crippen LogP contribution is -2.13. The maximum Gasteiger partial charge on any atom is 0.356 e. The number of carbonyl (C=O) groups excluding carboxylic acids is 1. The van der Waals surface area contributed by atoms with Gasteiger partial charge in [0, 0.05) is 19.2 Å². The first kappa shape index (κ1) is 25.1. The van der Waals surface area contributed by atoms with E-state index in [1.54, 1.807) is 10.6 Å². The molecule has 178 valence electrons. The Morgan fingerprint density at radius 1 is 1.33 bits per heavy atom. The molecule has 0 aliphatic rings. The second kappa shape index (κ2) is 11.5. The summed E-state index contributed by atoms with van der Waals surface area (Å²) in [7, 11) is -3.71. The standard InChI is InChI=1S/C19H23FN5O6PS/c1-13(26)33-8-7-30-32(28,31-10-14-3-2-4-15(20)9-14)12-29-6-5-25-11-22-16-17(25)23-19(21)24-18(16)27/h2-4,9,11H,5-8,10,12H2,1H3,(H3,21,23,24,27). The van der Waals surface area contributed by atoms with Crippen molar-refractivity contribution in [3.63, 3.8) is 0 Å². The van der Waals surface area contributed by atoms with E-state index in [4.69, 9.17) is 19.5 Å². The van der Waals surface area contributed by atoms with Crippen LogP contribution >= 0.6 is 19.4 Å². The highest BCUT2D eigenvalue weighted by atomic mass is 32.2. The number of imidazole rings is 1. The Morgan fingerprint density at radius 3 is 2.91 bits per heavy atom. The SMILES string of the molecule is CC(=O)SCCOP(=O)(COCCn1cnc2c(=O)[nH]c(N)nc21)OCc1cccc(F)c1. The zero-order valence-electron chi connectivity index (χ0n) is 17.7. The summed E-state index contributed by atoms with van der Waals surface area (Å²) in [6, 6.07) is 5.70. The number of aromatic amines is 1. The number of nitrogens with zero attached hydrogens (tertiary/aromatic N) is 3. The van der Waals surface area contributed by atoms with Crippen molar-refractivity contribution in [3.8, 4) is 0 Å². The monoisotopic (exact) mass is 499 g/mol. The molecule has 0 bridgehead atoms. The van der Waals surface area contributed by atoms with Gasteiger partial charge in [-0.15, -0.1) is 0 Å². The van der Waals surface area contributed by atoms with Crippen LogP contribution in [0.4, 0.5) is 10.3 Å². The van der Waals surface area contributed by atoms with Gasteiger partial charge in [0.2, 0.25) is 5.95 Å². The molecule has 2 heterocycles. The number of aromatic nitrogens is 4. The van der Waals surface area contributed by atoms with Gasteiger partial charge in [-0.05, 0) is 17.7 Å². The molecule has 33 heavy (non-hydrogen) atoms. The van der Waals surface area contributed by atoms with Crippen molar-refractivity contribution in [1.82, 2.24) is 19.5 Å². The van der Waals surface area contributed by atoms with Crippen molar-refractivity contribution in [3.05, 3.63) is 52.3 Å². The van der Waals surface area contributed by atoms with E-state index >= 15 is 0 Å². The summed E-state index contributed by atoms with van der Waals surface area (Å²) in [5, 5.41) is -0.0917. The number of anilines is 1. The molecule has 3 rings (SSSR count). The third-order valence-electron chi connectivity index (χ3n) is 4.21. The van der Waals surface area contributed by atoms with Gasteiger partial charge in [-0.1, -0.05) is 23.9 Å². The molecule has 0 radical (unpaired) electrons. The van der Waals surface area contributed by atoms with Crippen molar-refractivity contribution in [2.24, 2.45) is 0 Å². The Labute approximate surface area is 192 Å². The van der Waals surface area contributed by atoms with Crippen LogP contribution in [0, 0.1) is 5.82 Å². The summed E-state index contributed by atoms with van der Waals surface area (Å²) >= 11 is 1.03. The number of nitrogens with one attached hydrogen (secondary N) is 1. The molecule has 0 saturated carbocycles. The Hall–Kier alpha value is -2.57. The maximum absolute atomic E-state index is 13.4. The number of hydrogen-bond donors (Lipinski definition) is 2. The maximum atomic E-state index is 13.4. The van der Waals surface area contributed by atoms with Crippen LogP contribution in [-0.4, -0.2) is 49.9 Å². The molecule has 1 aromatic carbocycles. The number of rotatable bonds is 12. The topological polar surface area (TPSA) is 151 Å². The van der Waals surface area contributed by atoms with Crippen LogP contribution in [0.3, 0.4) is 0 Å². The van der Waals surface area contributed by atoms with E-state index in [2.05, 4.69) is 15.0 Å². The molecule has 14 heteroatoms. The molecule has 0 fully saturated rings. The number of hydrogen-bond acceptors (Lipinski definition) is 10. The smallest absolute Gasteiger partial charge is 0.356 e. The van der Waals surface area contributed by atoms with E-state index < -0.39 is 19.0 Å². The van der Waals surface area contributed by atoms with Crippen molar-refractivity contribution < 1.29 is 27.5 Å². The molecule has 1 atom stereocenters. The lowest BCUT2D eigenvalue weighted by atomic mass is 10.2. The van der Waals surface area contributed by atoms with Crippen molar-refractivity contribution >= 4 is 41.6 Å². The van der Waals surface area contributed by atoms with Crippen molar-refractivity contribution in [2.75, 3.05) is 31.0 Å². The van der Waals surface area contributed by atoms with Gasteiger partial charge in [0.05, 0.1) is 26.1 Å². The van der Waals surface area contributed by atoms with Crippen molar-refractivity contribution in [2.45, 2.75) is 20.1 Å². The molecule has 0 aliphatic carbocycles. The number of benzene rings is 1. The summed E-state index contributed by atoms with van der Waals surface area (Å²) in [6.07, 6.45) is 1.06. The molecule has 3 aromatic rings. The largest absolute Gasteiger partial charge is 0.369 e. The van der Waals surface area contributed by atoms with Gasteiger partial charge in [-0.25, -0.2) is 9.37 Å². The predicted octanol–water partition coefficient (Wildman–Crippen LogP) is 2.52. The highest BCUT2D eigenvalue weighted by molar-refractivity contribution is 8.13. The lowest BCUT2D eigenvalue weighted by Gasteiger charge is -2.19. The number of halogens is 1. The Morgan fingerprint density at radius 2 is 2.15 bits per heavy atom. The normalized spacial score (nSPS) is 13.3. The first-order chi connectivity index (χ1) is 15.8. The first-order valence-corrected chi connectivity index (χ1v) is 12.5. The van der Waals surface area contributed by atoms with Gasteiger partial charge in [0.1, 0.15) is 12.2 Å². The van der Waals surface area contributed by atoms with E-state index in [1.807, 2.05) is 0 Å². The van der Waals surface area contributed by atoms with E-state index in [9.17, 15) is 18.5 Å². The van der Waals surface area contributed by atoms with Gasteiger partial charge in [0.25, 0.3) is 5.56 Å². The summed E-state index contributed by atoms with van der Waals surface area (Å²) in [4.78, 5) is 33.4. The molecule has 2 aromatic heterocycles. The van der Waals surface area contributed by atoms with E-state index in [-0.39, 0.29) is 49.3 Å². The highest BCUT2D eigenvalue weighted by Crippen LogP contribution is 2.49. The Balaban J connectivity index is 1.58. The summed E-state index contributed by atoms with van der Waals surface area (Å²) in [5.41, 5.74) is 6.04. The number of nitrogens with two attached hydrogens (primary N) is 1. The predicted molar refractivity (Wildman–Crippen MR) is 121 cm³/mol. The van der Waals surface area contributed by atoms with Crippen LogP contribution in [-0.2, 0) is 36.3 Å². The molecule has 3 N–H and O–H groups in total. The summed E-state index contributed by atoms with van der Waals surface area (Å²) in [5.74, 6) is -0.186. The van der Waals surface area contributed by atoms with Crippen LogP contribution in [0.2, 0.25) is 0 Å². The fraction of sp³-hybridized carbons (Fsp3) is 0.368. The quantitative estimate of drug-likeness (QED) is 0.281. The van der Waals surface area contributed by atoms with Crippen LogP contribution < -0.4 is 11.3 Å². The van der Waals surface area contributed by atoms with Gasteiger partial charge in [0.15, 0.2) is 16.3 Å². The number of nitrogen functional groups attached to an aromatic ring is 1. The zero-order chi connectivity index (χ0) is 23.8. The molecule has 11 nitrogen and oxygen atoms in total. The fourth-order valence-corrected chi connectivity index (χ4v) is 4.62.